The van der Waals surface area contributed by atoms with Crippen LogP contribution in [-0.4, -0.2) is 49.9 Å². The van der Waals surface area contributed by atoms with E-state index in [-0.39, 0.29) is 18.9 Å². The van der Waals surface area contributed by atoms with E-state index in [1.165, 1.54) is 0 Å². The zero-order valence-corrected chi connectivity index (χ0v) is 26.8. The molecule has 3 N–H and O–H groups in total. The zero-order valence-electron chi connectivity index (χ0n) is 25.2. The maximum Gasteiger partial charge on any atom is 0.266 e. The van der Waals surface area contributed by atoms with Crippen molar-refractivity contribution in [3.63, 3.8) is 0 Å². The van der Waals surface area contributed by atoms with E-state index in [1.54, 1.807) is 20.3 Å². The fourth-order valence-electron chi connectivity index (χ4n) is 5.15. The van der Waals surface area contributed by atoms with Crippen molar-refractivity contribution < 1.29 is 28.8 Å². The second kappa shape index (κ2) is 15.1. The molecule has 1 amide bonds. The van der Waals surface area contributed by atoms with Crippen LogP contribution < -0.4 is 25.1 Å². The molecule has 5 rings (SSSR count). The number of nitrogens with one attached hydrogen (secondary N) is 2. The third kappa shape index (κ3) is 7.65. The molecule has 0 fully saturated rings. The van der Waals surface area contributed by atoms with Gasteiger partial charge in [-0.2, -0.15) is 0 Å². The quantitative estimate of drug-likeness (QED) is 0.119. The number of aliphatic hydroxyl groups excluding tert-OH is 1. The highest BCUT2D eigenvalue weighted by molar-refractivity contribution is 9.10. The van der Waals surface area contributed by atoms with Crippen molar-refractivity contribution in [2.75, 3.05) is 27.4 Å². The Morgan fingerprint density at radius 3 is 2.29 bits per heavy atom. The van der Waals surface area contributed by atoms with Gasteiger partial charge in [0.2, 0.25) is 5.90 Å². The summed E-state index contributed by atoms with van der Waals surface area (Å²) in [5.74, 6) is 1.97. The van der Waals surface area contributed by atoms with E-state index < -0.39 is 11.6 Å². The molecule has 1 aliphatic rings. The third-order valence-corrected chi connectivity index (χ3v) is 8.23. The van der Waals surface area contributed by atoms with Gasteiger partial charge in [-0.25, -0.2) is 10.4 Å². The lowest BCUT2D eigenvalue weighted by Gasteiger charge is -2.31. The third-order valence-electron chi connectivity index (χ3n) is 7.46. The van der Waals surface area contributed by atoms with Crippen LogP contribution in [0.15, 0.2) is 107 Å². The van der Waals surface area contributed by atoms with Crippen molar-refractivity contribution in [1.82, 2.24) is 10.9 Å². The normalized spacial score (nSPS) is 17.2. The second-order valence-corrected chi connectivity index (χ2v) is 11.4. The largest absolute Gasteiger partial charge is 0.497 e. The average molecular weight is 675 g/mol. The van der Waals surface area contributed by atoms with E-state index in [0.717, 1.165) is 21.2 Å². The van der Waals surface area contributed by atoms with Gasteiger partial charge in [0.15, 0.2) is 11.6 Å². The summed E-state index contributed by atoms with van der Waals surface area (Å²) in [6, 6.07) is 30.4. The minimum Gasteiger partial charge on any atom is -0.497 e. The SMILES string of the molecule is COc1cc(CNNC(=O)[C@@]2(Cc3ccccc3Br)N=C(c3ccc(OCCCO)cc3)O[C@H]2c2ccccc2)cc(OC)c1. The fourth-order valence-corrected chi connectivity index (χ4v) is 5.57. The van der Waals surface area contributed by atoms with Crippen LogP contribution in [0.4, 0.5) is 0 Å². The highest BCUT2D eigenvalue weighted by Gasteiger charge is 2.53. The number of methoxy groups -OCH3 is 2. The van der Waals surface area contributed by atoms with Gasteiger partial charge in [-0.1, -0.05) is 64.5 Å². The van der Waals surface area contributed by atoms with Gasteiger partial charge in [-0.05, 0) is 59.2 Å². The Morgan fingerprint density at radius 1 is 0.933 bits per heavy atom. The molecule has 0 spiro atoms. The number of aliphatic hydroxyl groups is 1. The summed E-state index contributed by atoms with van der Waals surface area (Å²) in [5.41, 5.74) is 7.94. The summed E-state index contributed by atoms with van der Waals surface area (Å²) in [5, 5.41) is 9.06. The molecule has 0 aliphatic carbocycles. The predicted molar refractivity (Wildman–Crippen MR) is 176 cm³/mol. The van der Waals surface area contributed by atoms with Gasteiger partial charge in [0.1, 0.15) is 17.2 Å². The Kier molecular flexibility index (Phi) is 10.7. The Bertz CT molecular complexity index is 1590. The van der Waals surface area contributed by atoms with Gasteiger partial charge in [0.05, 0.1) is 20.8 Å². The molecule has 45 heavy (non-hydrogen) atoms. The summed E-state index contributed by atoms with van der Waals surface area (Å²) in [6.07, 6.45) is 0.0860. The van der Waals surface area contributed by atoms with Gasteiger partial charge in [-0.15, -0.1) is 0 Å². The van der Waals surface area contributed by atoms with Crippen LogP contribution in [0.25, 0.3) is 0 Å². The molecule has 0 bridgehead atoms. The van der Waals surface area contributed by atoms with E-state index >= 15 is 0 Å². The number of ether oxygens (including phenoxy) is 4. The van der Waals surface area contributed by atoms with Crippen molar-refractivity contribution in [1.29, 1.82) is 0 Å². The van der Waals surface area contributed by atoms with Gasteiger partial charge in [-0.3, -0.25) is 10.2 Å². The van der Waals surface area contributed by atoms with E-state index in [1.807, 2.05) is 91.0 Å². The molecule has 4 aromatic rings. The molecule has 10 heteroatoms. The second-order valence-electron chi connectivity index (χ2n) is 10.5. The van der Waals surface area contributed by atoms with Gasteiger partial charge in [0, 0.05) is 42.1 Å². The molecule has 0 aromatic heterocycles. The standard InChI is InChI=1S/C35H36BrN3O6/c1-42-29-19-24(20-30(21-29)43-2)23-37-39-34(41)35(22-27-11-6-7-12-31(27)36)32(25-9-4-3-5-10-25)45-33(38-35)26-13-15-28(16-14-26)44-18-8-17-40/h3-7,9-16,19-21,32,37,40H,8,17-18,22-23H2,1-2H3,(H,39,41)/t32-,35-/m0/s1. The molecule has 1 aliphatic heterocycles. The van der Waals surface area contributed by atoms with Crippen molar-refractivity contribution >= 4 is 27.7 Å². The molecule has 234 valence electrons. The molecule has 2 atom stereocenters. The van der Waals surface area contributed by atoms with E-state index in [9.17, 15) is 4.79 Å². The van der Waals surface area contributed by atoms with Crippen molar-refractivity contribution in [3.05, 3.63) is 124 Å². The predicted octanol–water partition coefficient (Wildman–Crippen LogP) is 5.55. The maximum atomic E-state index is 14.4. The molecule has 0 saturated heterocycles. The molecule has 9 nitrogen and oxygen atoms in total. The number of nitrogens with zero attached hydrogens (tertiary/aromatic N) is 1. The topological polar surface area (TPSA) is 111 Å². The first-order valence-electron chi connectivity index (χ1n) is 14.6. The summed E-state index contributed by atoms with van der Waals surface area (Å²) >= 11 is 3.67. The summed E-state index contributed by atoms with van der Waals surface area (Å²) in [4.78, 5) is 19.5. The number of hydrazine groups is 1. The monoisotopic (exact) mass is 673 g/mol. The lowest BCUT2D eigenvalue weighted by atomic mass is 9.82. The molecule has 0 radical (unpaired) electrons. The maximum absolute atomic E-state index is 14.4. The molecule has 0 saturated carbocycles. The highest BCUT2D eigenvalue weighted by Crippen LogP contribution is 2.43. The van der Waals surface area contributed by atoms with Crippen LogP contribution >= 0.6 is 15.9 Å². The number of carbonyl (C=O) groups is 1. The molecular weight excluding hydrogens is 638 g/mol. The zero-order chi connectivity index (χ0) is 31.6. The Morgan fingerprint density at radius 2 is 1.62 bits per heavy atom. The number of amides is 1. The summed E-state index contributed by atoms with van der Waals surface area (Å²) in [6.45, 7) is 0.789. The van der Waals surface area contributed by atoms with Crippen LogP contribution in [0, 0.1) is 0 Å². The first kappa shape index (κ1) is 32.0. The van der Waals surface area contributed by atoms with Crippen LogP contribution in [0.3, 0.4) is 0 Å². The van der Waals surface area contributed by atoms with E-state index in [4.69, 9.17) is 29.0 Å². The fraction of sp³-hybridized carbons (Fsp3) is 0.257. The average Bonchev–Trinajstić information content (AvgIpc) is 3.47. The first-order chi connectivity index (χ1) is 22.0. The van der Waals surface area contributed by atoms with Crippen molar-refractivity contribution in [2.24, 2.45) is 4.99 Å². The molecule has 4 aromatic carbocycles. The van der Waals surface area contributed by atoms with Crippen LogP contribution in [0.1, 0.15) is 34.8 Å². The van der Waals surface area contributed by atoms with E-state index in [0.29, 0.717) is 48.3 Å². The number of benzene rings is 4. The number of aliphatic imine (C=N–C) groups is 1. The number of carbonyl (C=O) groups excluding carboxylic acids is 1. The molecule has 1 heterocycles. The molecular formula is C35H36BrN3O6. The van der Waals surface area contributed by atoms with Gasteiger partial charge < -0.3 is 24.1 Å². The van der Waals surface area contributed by atoms with Gasteiger partial charge in [0.25, 0.3) is 5.91 Å². The summed E-state index contributed by atoms with van der Waals surface area (Å²) in [7, 11) is 3.19. The lowest BCUT2D eigenvalue weighted by molar-refractivity contribution is -0.130. The number of rotatable bonds is 14. The number of halogens is 1. The van der Waals surface area contributed by atoms with Crippen molar-refractivity contribution in [2.45, 2.75) is 31.0 Å². The van der Waals surface area contributed by atoms with Crippen LogP contribution in [-0.2, 0) is 22.5 Å². The smallest absolute Gasteiger partial charge is 0.266 e. The van der Waals surface area contributed by atoms with E-state index in [2.05, 4.69) is 26.8 Å². The summed E-state index contributed by atoms with van der Waals surface area (Å²) < 4.78 is 23.9. The van der Waals surface area contributed by atoms with Crippen molar-refractivity contribution in [3.8, 4) is 17.2 Å². The first-order valence-corrected chi connectivity index (χ1v) is 15.4. The van der Waals surface area contributed by atoms with Gasteiger partial charge >= 0.3 is 0 Å². The number of hydrogen-bond donors (Lipinski definition) is 3. The minimum atomic E-state index is -1.37. The Balaban J connectivity index is 1.49. The Labute approximate surface area is 271 Å². The molecule has 0 unspecified atom stereocenters. The Hall–Kier alpha value is -4.38. The minimum absolute atomic E-state index is 0.0634. The number of hydrogen-bond acceptors (Lipinski definition) is 8. The lowest BCUT2D eigenvalue weighted by Crippen LogP contribution is -2.53. The van der Waals surface area contributed by atoms with Crippen LogP contribution in [0.2, 0.25) is 0 Å². The van der Waals surface area contributed by atoms with Crippen LogP contribution in [0.5, 0.6) is 17.2 Å². The highest BCUT2D eigenvalue weighted by atomic mass is 79.9.